The van der Waals surface area contributed by atoms with Gasteiger partial charge in [-0.1, -0.05) is 0 Å². The molecule has 1 fully saturated rings. The van der Waals surface area contributed by atoms with Crippen LogP contribution in [0.15, 0.2) is 30.7 Å². The number of alkyl halides is 4. The SMILES string of the molecule is CNc1nc(N[C@@H]2CCN(C(C)=O)CC2(F)F)nn2ccc(-c3ccc4ncn(CC(F)F)c4n3)c12. The van der Waals surface area contributed by atoms with Crippen molar-refractivity contribution in [1.29, 1.82) is 0 Å². The largest absolute Gasteiger partial charge is 0.371 e. The lowest BCUT2D eigenvalue weighted by Gasteiger charge is -2.38. The van der Waals surface area contributed by atoms with Crippen LogP contribution in [0.2, 0.25) is 0 Å². The molecule has 1 atom stereocenters. The molecular formula is C22H23F4N9O. The molecule has 4 aromatic rings. The van der Waals surface area contributed by atoms with Gasteiger partial charge in [-0.2, -0.15) is 4.98 Å². The first-order valence-electron chi connectivity index (χ1n) is 11.2. The molecule has 0 bridgehead atoms. The van der Waals surface area contributed by atoms with E-state index < -0.39 is 37.4 Å². The quantitative estimate of drug-likeness (QED) is 0.388. The van der Waals surface area contributed by atoms with Gasteiger partial charge in [0.05, 0.1) is 31.2 Å². The number of halogens is 4. The van der Waals surface area contributed by atoms with Crippen LogP contribution < -0.4 is 10.6 Å². The second kappa shape index (κ2) is 8.91. The van der Waals surface area contributed by atoms with Gasteiger partial charge in [0.15, 0.2) is 11.5 Å². The number of rotatable bonds is 6. The summed E-state index contributed by atoms with van der Waals surface area (Å²) in [6, 6.07) is 3.89. The Morgan fingerprint density at radius 1 is 1.25 bits per heavy atom. The summed E-state index contributed by atoms with van der Waals surface area (Å²) in [5.74, 6) is -3.20. The number of amides is 1. The van der Waals surface area contributed by atoms with Gasteiger partial charge in [0.2, 0.25) is 11.9 Å². The molecule has 5 heterocycles. The second-order valence-corrected chi connectivity index (χ2v) is 8.57. The number of hydrogen-bond acceptors (Lipinski definition) is 7. The molecule has 190 valence electrons. The molecule has 0 saturated carbocycles. The van der Waals surface area contributed by atoms with Crippen LogP contribution in [0.5, 0.6) is 0 Å². The normalized spacial score (nSPS) is 17.8. The minimum atomic E-state index is -3.16. The number of nitrogens with zero attached hydrogens (tertiary/aromatic N) is 7. The van der Waals surface area contributed by atoms with Crippen LogP contribution in [0.3, 0.4) is 0 Å². The molecule has 5 rings (SSSR count). The maximum atomic E-state index is 14.7. The number of nitrogens with one attached hydrogen (secondary N) is 2. The van der Waals surface area contributed by atoms with Crippen LogP contribution in [-0.2, 0) is 11.3 Å². The number of anilines is 2. The van der Waals surface area contributed by atoms with Gasteiger partial charge in [0.1, 0.15) is 11.0 Å². The molecule has 1 aliphatic rings. The topological polar surface area (TPSA) is 105 Å². The molecule has 4 aromatic heterocycles. The third kappa shape index (κ3) is 4.27. The monoisotopic (exact) mass is 505 g/mol. The van der Waals surface area contributed by atoms with E-state index in [4.69, 9.17) is 0 Å². The van der Waals surface area contributed by atoms with Gasteiger partial charge in [0.25, 0.3) is 12.3 Å². The fourth-order valence-corrected chi connectivity index (χ4v) is 4.38. The Bertz CT molecular complexity index is 1430. The lowest BCUT2D eigenvalue weighted by Crippen LogP contribution is -2.55. The number of hydrogen-bond donors (Lipinski definition) is 2. The third-order valence-electron chi connectivity index (χ3n) is 6.17. The molecule has 1 aliphatic heterocycles. The molecule has 2 N–H and O–H groups in total. The second-order valence-electron chi connectivity index (χ2n) is 8.57. The summed E-state index contributed by atoms with van der Waals surface area (Å²) in [5, 5.41) is 10.0. The number of pyridine rings is 1. The Morgan fingerprint density at radius 3 is 2.75 bits per heavy atom. The van der Waals surface area contributed by atoms with Gasteiger partial charge in [-0.15, -0.1) is 5.10 Å². The minimum absolute atomic E-state index is 0.00614. The Balaban J connectivity index is 1.48. The van der Waals surface area contributed by atoms with Crippen LogP contribution in [-0.4, -0.2) is 78.5 Å². The molecular weight excluding hydrogens is 482 g/mol. The van der Waals surface area contributed by atoms with Crippen LogP contribution in [0.4, 0.5) is 29.3 Å². The molecule has 14 heteroatoms. The Hall–Kier alpha value is -3.97. The predicted molar refractivity (Wildman–Crippen MR) is 124 cm³/mol. The van der Waals surface area contributed by atoms with Crippen molar-refractivity contribution in [3.8, 4) is 11.3 Å². The van der Waals surface area contributed by atoms with Crippen molar-refractivity contribution in [2.75, 3.05) is 30.8 Å². The van der Waals surface area contributed by atoms with Gasteiger partial charge in [-0.3, -0.25) is 4.79 Å². The number of carbonyl (C=O) groups excluding carboxylic acids is 1. The van der Waals surface area contributed by atoms with E-state index in [-0.39, 0.29) is 18.9 Å². The van der Waals surface area contributed by atoms with E-state index >= 15 is 0 Å². The van der Waals surface area contributed by atoms with E-state index in [1.54, 1.807) is 31.4 Å². The first kappa shape index (κ1) is 23.8. The summed E-state index contributed by atoms with van der Waals surface area (Å²) in [6.45, 7) is 0.265. The maximum Gasteiger partial charge on any atom is 0.285 e. The molecule has 36 heavy (non-hydrogen) atoms. The molecule has 1 saturated heterocycles. The predicted octanol–water partition coefficient (Wildman–Crippen LogP) is 3.12. The fourth-order valence-electron chi connectivity index (χ4n) is 4.38. The average molecular weight is 505 g/mol. The zero-order valence-electron chi connectivity index (χ0n) is 19.4. The third-order valence-corrected chi connectivity index (χ3v) is 6.17. The molecule has 0 radical (unpaired) electrons. The number of fused-ring (bicyclic) bond motifs is 2. The first-order chi connectivity index (χ1) is 17.2. The van der Waals surface area contributed by atoms with Gasteiger partial charge >= 0.3 is 0 Å². The van der Waals surface area contributed by atoms with Crippen molar-refractivity contribution in [2.24, 2.45) is 0 Å². The van der Waals surface area contributed by atoms with Crippen LogP contribution in [0, 0.1) is 0 Å². The fraction of sp³-hybridized carbons (Fsp3) is 0.409. The van der Waals surface area contributed by atoms with Crippen molar-refractivity contribution in [3.63, 3.8) is 0 Å². The van der Waals surface area contributed by atoms with Crippen molar-refractivity contribution in [1.82, 2.24) is 34.0 Å². The first-order valence-corrected chi connectivity index (χ1v) is 11.2. The molecule has 0 aliphatic carbocycles. The highest BCUT2D eigenvalue weighted by atomic mass is 19.3. The van der Waals surface area contributed by atoms with Crippen LogP contribution in [0.25, 0.3) is 27.9 Å². The van der Waals surface area contributed by atoms with Gasteiger partial charge in [-0.05, 0) is 24.6 Å². The Morgan fingerprint density at radius 2 is 2.06 bits per heavy atom. The maximum absolute atomic E-state index is 14.7. The van der Waals surface area contributed by atoms with E-state index in [9.17, 15) is 22.4 Å². The van der Waals surface area contributed by atoms with Crippen molar-refractivity contribution in [2.45, 2.75) is 38.3 Å². The number of piperidine rings is 1. The summed E-state index contributed by atoms with van der Waals surface area (Å²) in [5.41, 5.74) is 2.45. The Kier molecular flexibility index (Phi) is 5.88. The number of imidazole rings is 1. The van der Waals surface area contributed by atoms with E-state index in [2.05, 4.69) is 30.7 Å². The molecule has 0 aromatic carbocycles. The van der Waals surface area contributed by atoms with Gasteiger partial charge in [-0.25, -0.2) is 32.0 Å². The van der Waals surface area contributed by atoms with E-state index in [0.29, 0.717) is 33.8 Å². The molecule has 0 unspecified atom stereocenters. The van der Waals surface area contributed by atoms with Crippen molar-refractivity contribution < 1.29 is 22.4 Å². The highest BCUT2D eigenvalue weighted by Gasteiger charge is 2.45. The summed E-state index contributed by atoms with van der Waals surface area (Å²) < 4.78 is 58.1. The average Bonchev–Trinajstić information content (AvgIpc) is 3.43. The summed E-state index contributed by atoms with van der Waals surface area (Å²) in [4.78, 5) is 25.7. The molecule has 0 spiro atoms. The van der Waals surface area contributed by atoms with Crippen molar-refractivity contribution >= 4 is 34.4 Å². The molecule has 10 nitrogen and oxygen atoms in total. The van der Waals surface area contributed by atoms with E-state index in [1.165, 1.54) is 22.3 Å². The standard InChI is InChI=1S/C22H23F4N9O/c1-12(36)33-7-6-16(22(25,26)10-33)30-21-31-19(27-2)18-13(5-8-35(18)32-21)14-3-4-15-20(29-14)34(11-28-15)9-17(23)24/h3-5,8,11,16-17H,6-7,9-10H2,1-2H3,(H2,27,30,31,32)/t16-/m1/s1. The van der Waals surface area contributed by atoms with Crippen LogP contribution in [0.1, 0.15) is 13.3 Å². The number of carbonyl (C=O) groups is 1. The minimum Gasteiger partial charge on any atom is -0.371 e. The van der Waals surface area contributed by atoms with Crippen LogP contribution >= 0.6 is 0 Å². The zero-order valence-corrected chi connectivity index (χ0v) is 19.4. The molecule has 1 amide bonds. The number of aromatic nitrogens is 6. The highest BCUT2D eigenvalue weighted by Crippen LogP contribution is 2.32. The van der Waals surface area contributed by atoms with E-state index in [0.717, 1.165) is 4.90 Å². The zero-order chi connectivity index (χ0) is 25.6. The summed E-state index contributed by atoms with van der Waals surface area (Å²) in [7, 11) is 1.64. The smallest absolute Gasteiger partial charge is 0.285 e. The number of likely N-dealkylation sites (tertiary alicyclic amines) is 1. The Labute approximate surface area is 202 Å². The summed E-state index contributed by atoms with van der Waals surface area (Å²) in [6.07, 6.45) is 0.440. The van der Waals surface area contributed by atoms with Gasteiger partial charge in [0, 0.05) is 32.3 Å². The lowest BCUT2D eigenvalue weighted by molar-refractivity contribution is -0.140. The highest BCUT2D eigenvalue weighted by molar-refractivity contribution is 5.89. The van der Waals surface area contributed by atoms with E-state index in [1.807, 2.05) is 0 Å². The summed E-state index contributed by atoms with van der Waals surface area (Å²) >= 11 is 0. The lowest BCUT2D eigenvalue weighted by atomic mass is 10.0. The van der Waals surface area contributed by atoms with Gasteiger partial charge < -0.3 is 20.1 Å². The van der Waals surface area contributed by atoms with Crippen molar-refractivity contribution in [3.05, 3.63) is 30.7 Å².